The third-order valence-electron chi connectivity index (χ3n) is 4.82. The van der Waals surface area contributed by atoms with Crippen molar-refractivity contribution < 1.29 is 13.9 Å². The molecule has 1 amide bonds. The highest BCUT2D eigenvalue weighted by Gasteiger charge is 2.34. The van der Waals surface area contributed by atoms with E-state index in [9.17, 15) is 4.79 Å². The maximum absolute atomic E-state index is 11.6. The van der Waals surface area contributed by atoms with Gasteiger partial charge in [-0.1, -0.05) is 6.92 Å². The number of ether oxygens (including phenoxy) is 1. The average molecular weight is 306 g/mol. The molecule has 2 atom stereocenters. The molecular weight excluding hydrogens is 280 g/mol. The number of carbonyl (C=O) groups is 1. The number of hydrogen-bond donors (Lipinski definition) is 0. The third kappa shape index (κ3) is 3.52. The van der Waals surface area contributed by atoms with Crippen molar-refractivity contribution in [3.05, 3.63) is 23.7 Å². The largest absolute Gasteiger partial charge is 0.465 e. The molecule has 0 saturated carbocycles. The number of fused-ring (bicyclic) bond motifs is 1. The van der Waals surface area contributed by atoms with Gasteiger partial charge in [-0.3, -0.25) is 9.69 Å². The second kappa shape index (κ2) is 6.84. The van der Waals surface area contributed by atoms with Crippen molar-refractivity contribution in [3.8, 4) is 0 Å². The number of aryl methyl sites for hydroxylation is 1. The smallest absolute Gasteiger partial charge is 0.219 e. The summed E-state index contributed by atoms with van der Waals surface area (Å²) >= 11 is 0. The van der Waals surface area contributed by atoms with E-state index in [-0.39, 0.29) is 12.0 Å². The van der Waals surface area contributed by atoms with Gasteiger partial charge in [0.25, 0.3) is 0 Å². The van der Waals surface area contributed by atoms with Gasteiger partial charge in [-0.15, -0.1) is 0 Å². The summed E-state index contributed by atoms with van der Waals surface area (Å²) in [4.78, 5) is 15.9. The highest BCUT2D eigenvalue weighted by molar-refractivity contribution is 5.73. The molecule has 5 nitrogen and oxygen atoms in total. The van der Waals surface area contributed by atoms with Crippen molar-refractivity contribution in [1.29, 1.82) is 0 Å². The molecule has 0 radical (unpaired) electrons. The normalized spacial score (nSPS) is 26.5. The Morgan fingerprint density at radius 2 is 2.09 bits per heavy atom. The first kappa shape index (κ1) is 15.6. The van der Waals surface area contributed by atoms with Gasteiger partial charge in [-0.05, 0) is 25.1 Å². The van der Waals surface area contributed by atoms with Crippen LogP contribution in [0.1, 0.15) is 31.8 Å². The minimum absolute atomic E-state index is 0.161. The summed E-state index contributed by atoms with van der Waals surface area (Å²) in [5.74, 6) is 2.71. The molecule has 1 aromatic rings. The van der Waals surface area contributed by atoms with E-state index < -0.39 is 0 Å². The summed E-state index contributed by atoms with van der Waals surface area (Å²) in [6.45, 7) is 8.79. The van der Waals surface area contributed by atoms with Gasteiger partial charge < -0.3 is 14.1 Å². The van der Waals surface area contributed by atoms with Crippen LogP contribution in [0.25, 0.3) is 0 Å². The summed E-state index contributed by atoms with van der Waals surface area (Å²) in [5.41, 5.74) is 0. The first-order valence-corrected chi connectivity index (χ1v) is 8.32. The average Bonchev–Trinajstić information content (AvgIpc) is 2.84. The van der Waals surface area contributed by atoms with Crippen molar-refractivity contribution in [3.63, 3.8) is 0 Å². The van der Waals surface area contributed by atoms with Gasteiger partial charge in [0, 0.05) is 38.9 Å². The number of amides is 1. The van der Waals surface area contributed by atoms with Crippen LogP contribution < -0.4 is 0 Å². The Kier molecular flexibility index (Phi) is 4.84. The summed E-state index contributed by atoms with van der Waals surface area (Å²) in [7, 11) is 0. The zero-order valence-electron chi connectivity index (χ0n) is 13.6. The van der Waals surface area contributed by atoms with E-state index in [2.05, 4.69) is 24.0 Å². The van der Waals surface area contributed by atoms with Crippen LogP contribution in [0.4, 0.5) is 0 Å². The number of nitrogens with zero attached hydrogens (tertiary/aromatic N) is 2. The monoisotopic (exact) mass is 306 g/mol. The first-order chi connectivity index (χ1) is 10.7. The van der Waals surface area contributed by atoms with Gasteiger partial charge in [-0.2, -0.15) is 0 Å². The molecule has 122 valence electrons. The molecule has 2 aliphatic rings. The van der Waals surface area contributed by atoms with Crippen LogP contribution in [0.15, 0.2) is 16.5 Å². The fraction of sp³-hybridized carbons (Fsp3) is 0.706. The number of likely N-dealkylation sites (tertiary alicyclic amines) is 1. The molecule has 2 aliphatic heterocycles. The van der Waals surface area contributed by atoms with E-state index in [0.29, 0.717) is 12.5 Å². The van der Waals surface area contributed by atoms with Gasteiger partial charge in [0.15, 0.2) is 0 Å². The molecule has 3 rings (SSSR count). The second-order valence-electron chi connectivity index (χ2n) is 6.38. The van der Waals surface area contributed by atoms with E-state index in [1.165, 1.54) is 0 Å². The summed E-state index contributed by atoms with van der Waals surface area (Å²) in [5, 5.41) is 0. The van der Waals surface area contributed by atoms with Crippen molar-refractivity contribution >= 4 is 5.91 Å². The van der Waals surface area contributed by atoms with Crippen LogP contribution in [0.2, 0.25) is 0 Å². The maximum Gasteiger partial charge on any atom is 0.219 e. The fourth-order valence-electron chi connectivity index (χ4n) is 3.46. The molecule has 0 aromatic carbocycles. The summed E-state index contributed by atoms with van der Waals surface area (Å²) < 4.78 is 11.8. The Morgan fingerprint density at radius 3 is 2.82 bits per heavy atom. The van der Waals surface area contributed by atoms with Gasteiger partial charge in [0.1, 0.15) is 11.5 Å². The van der Waals surface area contributed by atoms with E-state index in [1.807, 2.05) is 4.90 Å². The van der Waals surface area contributed by atoms with Gasteiger partial charge in [0.2, 0.25) is 5.91 Å². The summed E-state index contributed by atoms with van der Waals surface area (Å²) in [6.07, 6.45) is 2.25. The standard InChI is InChI=1S/C17H26N2O3/c1-3-15-4-5-16(22-15)11-18-7-6-14-10-19(13(2)20)8-9-21-17(14)12-18/h4-5,14,17H,3,6-12H2,1-2H3/t14-,17-/m1/s1. The van der Waals surface area contributed by atoms with Crippen molar-refractivity contribution in [2.75, 3.05) is 32.8 Å². The topological polar surface area (TPSA) is 45.9 Å². The maximum atomic E-state index is 11.6. The second-order valence-corrected chi connectivity index (χ2v) is 6.38. The Bertz CT molecular complexity index is 514. The lowest BCUT2D eigenvalue weighted by Gasteiger charge is -2.37. The molecular formula is C17H26N2O3. The van der Waals surface area contributed by atoms with E-state index in [4.69, 9.17) is 9.15 Å². The Labute approximate surface area is 132 Å². The molecule has 1 aromatic heterocycles. The number of rotatable bonds is 3. The lowest BCUT2D eigenvalue weighted by Crippen LogP contribution is -2.46. The highest BCUT2D eigenvalue weighted by atomic mass is 16.5. The number of furan rings is 1. The van der Waals surface area contributed by atoms with Crippen LogP contribution in [0, 0.1) is 5.92 Å². The quantitative estimate of drug-likeness (QED) is 0.856. The van der Waals surface area contributed by atoms with Crippen molar-refractivity contribution in [1.82, 2.24) is 9.80 Å². The molecule has 0 unspecified atom stereocenters. The highest BCUT2D eigenvalue weighted by Crippen LogP contribution is 2.25. The zero-order chi connectivity index (χ0) is 15.5. The Morgan fingerprint density at radius 1 is 1.27 bits per heavy atom. The van der Waals surface area contributed by atoms with Crippen LogP contribution in [0.5, 0.6) is 0 Å². The van der Waals surface area contributed by atoms with Crippen LogP contribution in [0.3, 0.4) is 0 Å². The van der Waals surface area contributed by atoms with Crippen molar-refractivity contribution in [2.24, 2.45) is 5.92 Å². The number of piperidine rings is 1. The molecule has 3 heterocycles. The van der Waals surface area contributed by atoms with Crippen molar-refractivity contribution in [2.45, 2.75) is 39.3 Å². The lowest BCUT2D eigenvalue weighted by atomic mass is 9.93. The SMILES string of the molecule is CCc1ccc(CN2CC[C@@H]3CN(C(C)=O)CCO[C@@H]3C2)o1. The predicted molar refractivity (Wildman–Crippen MR) is 83.5 cm³/mol. The lowest BCUT2D eigenvalue weighted by molar-refractivity contribution is -0.129. The Balaban J connectivity index is 1.58. The van der Waals surface area contributed by atoms with Gasteiger partial charge in [-0.25, -0.2) is 0 Å². The zero-order valence-corrected chi connectivity index (χ0v) is 13.6. The molecule has 22 heavy (non-hydrogen) atoms. The van der Waals surface area contributed by atoms with E-state index in [0.717, 1.165) is 57.1 Å². The minimum atomic E-state index is 0.161. The first-order valence-electron chi connectivity index (χ1n) is 8.32. The molecule has 2 saturated heterocycles. The summed E-state index contributed by atoms with van der Waals surface area (Å²) in [6, 6.07) is 4.14. The molecule has 2 fully saturated rings. The minimum Gasteiger partial charge on any atom is -0.465 e. The third-order valence-corrected chi connectivity index (χ3v) is 4.82. The Hall–Kier alpha value is -1.33. The fourth-order valence-corrected chi connectivity index (χ4v) is 3.46. The molecule has 0 bridgehead atoms. The van der Waals surface area contributed by atoms with E-state index >= 15 is 0 Å². The van der Waals surface area contributed by atoms with Gasteiger partial charge in [0.05, 0.1) is 19.3 Å². The predicted octanol–water partition coefficient (Wildman–Crippen LogP) is 1.91. The van der Waals surface area contributed by atoms with Crippen LogP contribution in [-0.4, -0.2) is 54.6 Å². The number of carbonyl (C=O) groups excluding carboxylic acids is 1. The molecule has 0 N–H and O–H groups in total. The molecule has 0 spiro atoms. The van der Waals surface area contributed by atoms with E-state index in [1.54, 1.807) is 6.92 Å². The molecule has 0 aliphatic carbocycles. The van der Waals surface area contributed by atoms with Crippen LogP contribution >= 0.6 is 0 Å². The number of hydrogen-bond acceptors (Lipinski definition) is 4. The van der Waals surface area contributed by atoms with Crippen LogP contribution in [-0.2, 0) is 22.5 Å². The van der Waals surface area contributed by atoms with Gasteiger partial charge >= 0.3 is 0 Å². The molecule has 5 heteroatoms.